The van der Waals surface area contributed by atoms with Gasteiger partial charge in [-0.25, -0.2) is 10.8 Å². The van der Waals surface area contributed by atoms with Crippen LogP contribution in [0.4, 0.5) is 11.8 Å². The van der Waals surface area contributed by atoms with Crippen LogP contribution in [0.5, 0.6) is 0 Å². The third-order valence-corrected chi connectivity index (χ3v) is 3.45. The van der Waals surface area contributed by atoms with Crippen molar-refractivity contribution in [1.82, 2.24) is 14.9 Å². The van der Waals surface area contributed by atoms with E-state index in [-0.39, 0.29) is 5.91 Å². The Morgan fingerprint density at radius 2 is 2.25 bits per heavy atom. The van der Waals surface area contributed by atoms with Gasteiger partial charge in [-0.05, 0) is 15.9 Å². The van der Waals surface area contributed by atoms with E-state index in [0.29, 0.717) is 51.0 Å². The van der Waals surface area contributed by atoms with Crippen LogP contribution in [0.15, 0.2) is 10.7 Å². The fourth-order valence-corrected chi connectivity index (χ4v) is 2.15. The molecule has 1 fully saturated rings. The maximum absolute atomic E-state index is 11.9. The first kappa shape index (κ1) is 14.9. The van der Waals surface area contributed by atoms with Gasteiger partial charge in [0.2, 0.25) is 11.9 Å². The zero-order chi connectivity index (χ0) is 14.4. The maximum Gasteiger partial charge on any atom is 0.239 e. The summed E-state index contributed by atoms with van der Waals surface area (Å²) in [5, 5.41) is 3.09. The molecule has 0 radical (unpaired) electrons. The molecule has 1 aromatic heterocycles. The van der Waals surface area contributed by atoms with Crippen molar-refractivity contribution in [1.29, 1.82) is 0 Å². The number of rotatable bonds is 5. The van der Waals surface area contributed by atoms with E-state index in [1.807, 2.05) is 4.90 Å². The second-order valence-electron chi connectivity index (χ2n) is 4.20. The number of nitrogen functional groups attached to an aromatic ring is 1. The van der Waals surface area contributed by atoms with Crippen molar-refractivity contribution in [3.05, 3.63) is 10.7 Å². The van der Waals surface area contributed by atoms with Crippen molar-refractivity contribution in [2.45, 2.75) is 6.42 Å². The van der Waals surface area contributed by atoms with Crippen LogP contribution < -0.4 is 16.6 Å². The van der Waals surface area contributed by atoms with E-state index in [9.17, 15) is 4.79 Å². The van der Waals surface area contributed by atoms with Gasteiger partial charge in [0.25, 0.3) is 0 Å². The number of hydrazine groups is 1. The van der Waals surface area contributed by atoms with Gasteiger partial charge in [-0.1, -0.05) is 0 Å². The number of carbonyl (C=O) groups is 1. The first-order valence-corrected chi connectivity index (χ1v) is 7.08. The van der Waals surface area contributed by atoms with Gasteiger partial charge < -0.3 is 15.0 Å². The Balaban J connectivity index is 1.81. The van der Waals surface area contributed by atoms with E-state index in [2.05, 4.69) is 36.6 Å². The molecule has 9 heteroatoms. The van der Waals surface area contributed by atoms with Gasteiger partial charge >= 0.3 is 0 Å². The molecule has 4 N–H and O–H groups in total. The molecule has 1 amide bonds. The number of hydrogen-bond donors (Lipinski definition) is 3. The molecular formula is C11H17BrN6O2. The van der Waals surface area contributed by atoms with E-state index < -0.39 is 0 Å². The van der Waals surface area contributed by atoms with E-state index >= 15 is 0 Å². The predicted octanol–water partition coefficient (Wildman–Crippen LogP) is 0.185. The lowest BCUT2D eigenvalue weighted by Gasteiger charge is -2.26. The summed E-state index contributed by atoms with van der Waals surface area (Å²) in [5.74, 6) is 6.28. The lowest BCUT2D eigenvalue weighted by atomic mass is 10.3. The van der Waals surface area contributed by atoms with Crippen molar-refractivity contribution in [2.24, 2.45) is 5.84 Å². The van der Waals surface area contributed by atoms with Gasteiger partial charge in [-0.2, -0.15) is 4.98 Å². The topological polar surface area (TPSA) is 105 Å². The molecule has 1 aromatic rings. The molecule has 1 aliphatic heterocycles. The molecule has 0 aliphatic carbocycles. The standard InChI is InChI=1S/C11H17BrN6O2/c12-8-7-15-11(17-13)16-10(8)14-2-1-9(19)18-3-5-20-6-4-18/h7H,1-6,13H2,(H2,14,15,16,17). The molecular weight excluding hydrogens is 328 g/mol. The molecule has 0 atom stereocenters. The number of aromatic nitrogens is 2. The fourth-order valence-electron chi connectivity index (χ4n) is 1.82. The van der Waals surface area contributed by atoms with Gasteiger partial charge in [0, 0.05) is 32.3 Å². The van der Waals surface area contributed by atoms with Crippen LogP contribution in [0.3, 0.4) is 0 Å². The molecule has 20 heavy (non-hydrogen) atoms. The highest BCUT2D eigenvalue weighted by Crippen LogP contribution is 2.19. The molecule has 2 rings (SSSR count). The van der Waals surface area contributed by atoms with Crippen molar-refractivity contribution in [3.63, 3.8) is 0 Å². The number of ether oxygens (including phenoxy) is 1. The van der Waals surface area contributed by atoms with E-state index in [0.717, 1.165) is 4.47 Å². The van der Waals surface area contributed by atoms with Crippen molar-refractivity contribution < 1.29 is 9.53 Å². The maximum atomic E-state index is 11.9. The van der Waals surface area contributed by atoms with Crippen molar-refractivity contribution in [3.8, 4) is 0 Å². The largest absolute Gasteiger partial charge is 0.378 e. The van der Waals surface area contributed by atoms with Crippen molar-refractivity contribution in [2.75, 3.05) is 43.6 Å². The SMILES string of the molecule is NNc1ncc(Br)c(NCCC(=O)N2CCOCC2)n1. The third kappa shape index (κ3) is 4.02. The first-order chi connectivity index (χ1) is 9.70. The second-order valence-corrected chi connectivity index (χ2v) is 5.06. The quantitative estimate of drug-likeness (QED) is 0.517. The van der Waals surface area contributed by atoms with Crippen LogP contribution in [0.1, 0.15) is 6.42 Å². The van der Waals surface area contributed by atoms with Gasteiger partial charge in [-0.15, -0.1) is 0 Å². The Bertz CT molecular complexity index is 466. The Labute approximate surface area is 125 Å². The van der Waals surface area contributed by atoms with Gasteiger partial charge in [0.05, 0.1) is 17.7 Å². The van der Waals surface area contributed by atoms with Gasteiger partial charge in [0.1, 0.15) is 5.82 Å². The zero-order valence-corrected chi connectivity index (χ0v) is 12.5. The molecule has 8 nitrogen and oxygen atoms in total. The van der Waals surface area contributed by atoms with E-state index in [1.165, 1.54) is 0 Å². The first-order valence-electron chi connectivity index (χ1n) is 6.29. The molecule has 0 unspecified atom stereocenters. The minimum atomic E-state index is 0.114. The highest BCUT2D eigenvalue weighted by atomic mass is 79.9. The normalized spacial score (nSPS) is 15.0. The number of morpholine rings is 1. The Morgan fingerprint density at radius 3 is 2.95 bits per heavy atom. The number of carbonyl (C=O) groups excluding carboxylic acids is 1. The number of halogens is 1. The average Bonchev–Trinajstić information content (AvgIpc) is 2.50. The highest BCUT2D eigenvalue weighted by molar-refractivity contribution is 9.10. The van der Waals surface area contributed by atoms with Crippen LogP contribution >= 0.6 is 15.9 Å². The van der Waals surface area contributed by atoms with Crippen molar-refractivity contribution >= 4 is 33.6 Å². The summed E-state index contributed by atoms with van der Waals surface area (Å²) in [7, 11) is 0. The van der Waals surface area contributed by atoms with Crippen LogP contribution in [0, 0.1) is 0 Å². The Morgan fingerprint density at radius 1 is 1.50 bits per heavy atom. The van der Waals surface area contributed by atoms with E-state index in [4.69, 9.17) is 10.6 Å². The molecule has 2 heterocycles. The number of anilines is 2. The molecule has 0 aromatic carbocycles. The van der Waals surface area contributed by atoms with E-state index in [1.54, 1.807) is 6.20 Å². The highest BCUT2D eigenvalue weighted by Gasteiger charge is 2.16. The van der Waals surface area contributed by atoms with Gasteiger partial charge in [-0.3, -0.25) is 10.2 Å². The molecule has 1 saturated heterocycles. The fraction of sp³-hybridized carbons (Fsp3) is 0.545. The molecule has 1 aliphatic rings. The monoisotopic (exact) mass is 344 g/mol. The van der Waals surface area contributed by atoms with Gasteiger partial charge in [0.15, 0.2) is 0 Å². The minimum absolute atomic E-state index is 0.114. The molecule has 0 bridgehead atoms. The predicted molar refractivity (Wildman–Crippen MR) is 78.0 cm³/mol. The van der Waals surface area contributed by atoms with Crippen LogP contribution in [0.2, 0.25) is 0 Å². The number of nitrogens with two attached hydrogens (primary N) is 1. The summed E-state index contributed by atoms with van der Waals surface area (Å²) >= 11 is 3.34. The number of amides is 1. The Hall–Kier alpha value is -1.45. The van der Waals surface area contributed by atoms with Crippen LogP contribution in [-0.2, 0) is 9.53 Å². The summed E-state index contributed by atoms with van der Waals surface area (Å²) in [4.78, 5) is 21.9. The number of nitrogens with zero attached hydrogens (tertiary/aromatic N) is 3. The third-order valence-electron chi connectivity index (χ3n) is 2.87. The summed E-state index contributed by atoms with van der Waals surface area (Å²) in [6.45, 7) is 3.05. The number of nitrogens with one attached hydrogen (secondary N) is 2. The summed E-state index contributed by atoms with van der Waals surface area (Å²) in [6.07, 6.45) is 2.00. The average molecular weight is 345 g/mol. The second kappa shape index (κ2) is 7.36. The lowest BCUT2D eigenvalue weighted by molar-refractivity contribution is -0.134. The van der Waals surface area contributed by atoms with Crippen LogP contribution in [0.25, 0.3) is 0 Å². The molecule has 0 saturated carbocycles. The Kier molecular flexibility index (Phi) is 5.50. The minimum Gasteiger partial charge on any atom is -0.378 e. The summed E-state index contributed by atoms with van der Waals surface area (Å²) in [6, 6.07) is 0. The smallest absolute Gasteiger partial charge is 0.239 e. The molecule has 0 spiro atoms. The summed E-state index contributed by atoms with van der Waals surface area (Å²) in [5.41, 5.74) is 2.37. The molecule has 110 valence electrons. The summed E-state index contributed by atoms with van der Waals surface area (Å²) < 4.78 is 5.93. The zero-order valence-electron chi connectivity index (χ0n) is 10.9. The lowest BCUT2D eigenvalue weighted by Crippen LogP contribution is -2.41. The number of hydrogen-bond acceptors (Lipinski definition) is 7. The van der Waals surface area contributed by atoms with Crippen LogP contribution in [-0.4, -0.2) is 53.6 Å².